The van der Waals surface area contributed by atoms with Crippen molar-refractivity contribution in [3.63, 3.8) is 0 Å². The van der Waals surface area contributed by atoms with Gasteiger partial charge in [0.25, 0.3) is 11.6 Å². The molecule has 0 radical (unpaired) electrons. The van der Waals surface area contributed by atoms with Gasteiger partial charge in [-0.15, -0.1) is 0 Å². The van der Waals surface area contributed by atoms with Gasteiger partial charge >= 0.3 is 6.18 Å². The maximum atomic E-state index is 12.7. The van der Waals surface area contributed by atoms with Crippen LogP contribution >= 0.6 is 0 Å². The van der Waals surface area contributed by atoms with Crippen LogP contribution in [0.4, 0.5) is 24.7 Å². The second-order valence-corrected chi connectivity index (χ2v) is 6.22. The van der Waals surface area contributed by atoms with Crippen molar-refractivity contribution in [2.75, 3.05) is 11.9 Å². The van der Waals surface area contributed by atoms with Crippen LogP contribution in [-0.2, 0) is 11.0 Å². The molecule has 2 aromatic carbocycles. The number of ether oxygens (including phenoxy) is 1. The molecule has 156 valence electrons. The number of aryl methyl sites for hydroxylation is 1. The minimum absolute atomic E-state index is 0.0947. The molecule has 1 N–H and O–H groups in total. The SMILES string of the molecule is Cc1cc(NC(=O)COc2cccc(C(F)(F)F)c2)n(-c2ccc([N+](=O)[O-])cc2)n1. The number of non-ortho nitro benzene ring substituents is 1. The molecule has 3 rings (SSSR count). The zero-order chi connectivity index (χ0) is 21.9. The van der Waals surface area contributed by atoms with E-state index in [0.717, 1.165) is 12.1 Å². The fraction of sp³-hybridized carbons (Fsp3) is 0.158. The van der Waals surface area contributed by atoms with E-state index in [2.05, 4.69) is 10.4 Å². The smallest absolute Gasteiger partial charge is 0.416 e. The van der Waals surface area contributed by atoms with Gasteiger partial charge in [0.15, 0.2) is 6.61 Å². The van der Waals surface area contributed by atoms with Crippen LogP contribution < -0.4 is 10.1 Å². The van der Waals surface area contributed by atoms with Crippen molar-refractivity contribution in [3.05, 3.63) is 76.0 Å². The predicted octanol–water partition coefficient (Wildman–Crippen LogP) is 4.13. The number of rotatable bonds is 6. The third kappa shape index (κ3) is 4.93. The number of alkyl halides is 3. The van der Waals surface area contributed by atoms with E-state index < -0.39 is 29.2 Å². The molecule has 0 aliphatic rings. The van der Waals surface area contributed by atoms with Gasteiger partial charge in [-0.1, -0.05) is 6.07 Å². The number of carbonyl (C=O) groups excluding carboxylic acids is 1. The lowest BCUT2D eigenvalue weighted by Gasteiger charge is -2.11. The molecule has 0 saturated carbocycles. The van der Waals surface area contributed by atoms with Gasteiger partial charge in [0, 0.05) is 18.2 Å². The Morgan fingerprint density at radius 3 is 2.53 bits per heavy atom. The fourth-order valence-corrected chi connectivity index (χ4v) is 2.59. The van der Waals surface area contributed by atoms with E-state index in [-0.39, 0.29) is 17.3 Å². The number of nitro groups is 1. The molecule has 1 aromatic heterocycles. The number of amides is 1. The Balaban J connectivity index is 1.70. The largest absolute Gasteiger partial charge is 0.484 e. The quantitative estimate of drug-likeness (QED) is 0.478. The molecule has 1 amide bonds. The first-order valence-electron chi connectivity index (χ1n) is 8.55. The zero-order valence-electron chi connectivity index (χ0n) is 15.5. The topological polar surface area (TPSA) is 99.3 Å². The molecule has 0 aliphatic heterocycles. The Hall–Kier alpha value is -3.89. The molecule has 30 heavy (non-hydrogen) atoms. The van der Waals surface area contributed by atoms with E-state index in [1.807, 2.05) is 0 Å². The summed E-state index contributed by atoms with van der Waals surface area (Å²) >= 11 is 0. The summed E-state index contributed by atoms with van der Waals surface area (Å²) < 4.78 is 44.8. The van der Waals surface area contributed by atoms with Crippen LogP contribution in [0.5, 0.6) is 5.75 Å². The summed E-state index contributed by atoms with van der Waals surface area (Å²) in [6.07, 6.45) is -4.52. The van der Waals surface area contributed by atoms with Crippen molar-refractivity contribution < 1.29 is 27.6 Å². The monoisotopic (exact) mass is 420 g/mol. The van der Waals surface area contributed by atoms with Gasteiger partial charge in [-0.25, -0.2) is 4.68 Å². The molecule has 1 heterocycles. The maximum Gasteiger partial charge on any atom is 0.416 e. The van der Waals surface area contributed by atoms with Gasteiger partial charge in [-0.05, 0) is 37.3 Å². The van der Waals surface area contributed by atoms with Crippen LogP contribution in [-0.4, -0.2) is 27.2 Å². The van der Waals surface area contributed by atoms with Crippen LogP contribution in [0, 0.1) is 17.0 Å². The fourth-order valence-electron chi connectivity index (χ4n) is 2.59. The van der Waals surface area contributed by atoms with Gasteiger partial charge in [0.05, 0.1) is 21.9 Å². The van der Waals surface area contributed by atoms with Crippen LogP contribution in [0.1, 0.15) is 11.3 Å². The minimum atomic E-state index is -4.52. The highest BCUT2D eigenvalue weighted by molar-refractivity contribution is 5.91. The van der Waals surface area contributed by atoms with Crippen molar-refractivity contribution in [2.45, 2.75) is 13.1 Å². The standard InChI is InChI=1S/C19H15F3N4O4/c1-12-9-17(25(24-12)14-5-7-15(8-6-14)26(28)29)23-18(27)11-30-16-4-2-3-13(10-16)19(20,21)22/h2-10H,11H2,1H3,(H,23,27). The molecule has 0 spiro atoms. The first kappa shape index (κ1) is 20.8. The molecule has 3 aromatic rings. The highest BCUT2D eigenvalue weighted by atomic mass is 19.4. The summed E-state index contributed by atoms with van der Waals surface area (Å²) in [4.78, 5) is 22.5. The second-order valence-electron chi connectivity index (χ2n) is 6.22. The number of aromatic nitrogens is 2. The van der Waals surface area contributed by atoms with E-state index in [9.17, 15) is 28.1 Å². The van der Waals surface area contributed by atoms with Crippen molar-refractivity contribution in [3.8, 4) is 11.4 Å². The molecule has 0 atom stereocenters. The molecule has 0 bridgehead atoms. The summed E-state index contributed by atoms with van der Waals surface area (Å²) in [6, 6.07) is 11.3. The summed E-state index contributed by atoms with van der Waals surface area (Å²) in [6.45, 7) is 1.17. The van der Waals surface area contributed by atoms with Crippen molar-refractivity contribution >= 4 is 17.4 Å². The summed E-state index contributed by atoms with van der Waals surface area (Å²) in [5, 5.41) is 17.6. The van der Waals surface area contributed by atoms with E-state index in [4.69, 9.17) is 4.74 Å². The summed E-state index contributed by atoms with van der Waals surface area (Å²) in [7, 11) is 0. The molecule has 0 saturated heterocycles. The van der Waals surface area contributed by atoms with Gasteiger partial charge in [0.2, 0.25) is 0 Å². The molecule has 11 heteroatoms. The van der Waals surface area contributed by atoms with Crippen LogP contribution in [0.25, 0.3) is 5.69 Å². The maximum absolute atomic E-state index is 12.7. The molecular formula is C19H15F3N4O4. The lowest BCUT2D eigenvalue weighted by atomic mass is 10.2. The van der Waals surface area contributed by atoms with Crippen molar-refractivity contribution in [1.29, 1.82) is 0 Å². The molecule has 0 aliphatic carbocycles. The predicted molar refractivity (Wildman–Crippen MR) is 101 cm³/mol. The number of nitro benzene ring substituents is 1. The lowest BCUT2D eigenvalue weighted by molar-refractivity contribution is -0.384. The molecule has 0 unspecified atom stereocenters. The number of carbonyl (C=O) groups is 1. The highest BCUT2D eigenvalue weighted by Crippen LogP contribution is 2.31. The van der Waals surface area contributed by atoms with E-state index in [1.165, 1.54) is 41.1 Å². The van der Waals surface area contributed by atoms with Gasteiger partial charge < -0.3 is 10.1 Å². The van der Waals surface area contributed by atoms with E-state index in [0.29, 0.717) is 11.4 Å². The van der Waals surface area contributed by atoms with Crippen molar-refractivity contribution in [2.24, 2.45) is 0 Å². The number of hydrogen-bond donors (Lipinski definition) is 1. The lowest BCUT2D eigenvalue weighted by Crippen LogP contribution is -2.22. The Kier molecular flexibility index (Phi) is 5.72. The van der Waals surface area contributed by atoms with Crippen LogP contribution in [0.15, 0.2) is 54.6 Å². The highest BCUT2D eigenvalue weighted by Gasteiger charge is 2.30. The summed E-state index contributed by atoms with van der Waals surface area (Å²) in [5.41, 5.74) is 0.0697. The van der Waals surface area contributed by atoms with E-state index >= 15 is 0 Å². The Bertz CT molecular complexity index is 1080. The Morgan fingerprint density at radius 2 is 1.90 bits per heavy atom. The first-order valence-corrected chi connectivity index (χ1v) is 8.55. The van der Waals surface area contributed by atoms with Gasteiger partial charge in [-0.3, -0.25) is 14.9 Å². The van der Waals surface area contributed by atoms with Crippen LogP contribution in [0.3, 0.4) is 0 Å². The third-order valence-electron chi connectivity index (χ3n) is 3.94. The molecule has 8 nitrogen and oxygen atoms in total. The number of nitrogens with one attached hydrogen (secondary N) is 1. The van der Waals surface area contributed by atoms with Crippen LogP contribution in [0.2, 0.25) is 0 Å². The Morgan fingerprint density at radius 1 is 1.20 bits per heavy atom. The first-order chi connectivity index (χ1) is 14.1. The second kappa shape index (κ2) is 8.23. The molecule has 0 fully saturated rings. The van der Waals surface area contributed by atoms with Gasteiger partial charge in [-0.2, -0.15) is 18.3 Å². The third-order valence-corrected chi connectivity index (χ3v) is 3.94. The van der Waals surface area contributed by atoms with Gasteiger partial charge in [0.1, 0.15) is 11.6 Å². The number of benzene rings is 2. The number of anilines is 1. The number of nitrogens with zero attached hydrogens (tertiary/aromatic N) is 3. The molecular weight excluding hydrogens is 405 g/mol. The average molecular weight is 420 g/mol. The zero-order valence-corrected chi connectivity index (χ0v) is 15.5. The number of hydrogen-bond acceptors (Lipinski definition) is 5. The van der Waals surface area contributed by atoms with E-state index in [1.54, 1.807) is 13.0 Å². The average Bonchev–Trinajstić information content (AvgIpc) is 3.06. The minimum Gasteiger partial charge on any atom is -0.484 e. The normalized spacial score (nSPS) is 11.2. The Labute approximate surface area is 168 Å². The summed E-state index contributed by atoms with van der Waals surface area (Å²) in [5.74, 6) is -0.436. The van der Waals surface area contributed by atoms with Crippen molar-refractivity contribution in [1.82, 2.24) is 9.78 Å². The number of halogens is 3.